The van der Waals surface area contributed by atoms with Crippen LogP contribution in [0, 0.1) is 5.82 Å². The summed E-state index contributed by atoms with van der Waals surface area (Å²) >= 11 is 6.65. The van der Waals surface area contributed by atoms with Gasteiger partial charge in [0.25, 0.3) is 0 Å². The number of piperidine rings is 2. The summed E-state index contributed by atoms with van der Waals surface area (Å²) in [7, 11) is 0. The van der Waals surface area contributed by atoms with Crippen molar-refractivity contribution in [2.24, 2.45) is 0 Å². The van der Waals surface area contributed by atoms with Gasteiger partial charge in [-0.1, -0.05) is 64.1 Å². The fourth-order valence-electron chi connectivity index (χ4n) is 6.55. The van der Waals surface area contributed by atoms with E-state index in [0.717, 1.165) is 72.5 Å². The van der Waals surface area contributed by atoms with Crippen molar-refractivity contribution in [3.63, 3.8) is 0 Å². The van der Waals surface area contributed by atoms with Crippen LogP contribution in [0.3, 0.4) is 0 Å². The van der Waals surface area contributed by atoms with E-state index >= 15 is 0 Å². The minimum atomic E-state index is -0.186. The van der Waals surface area contributed by atoms with Gasteiger partial charge in [-0.3, -0.25) is 14.0 Å². The lowest BCUT2D eigenvalue weighted by atomic mass is 9.82. The van der Waals surface area contributed by atoms with E-state index in [4.69, 9.17) is 4.74 Å². The Morgan fingerprint density at radius 3 is 2.07 bits per heavy atom. The maximum Gasteiger partial charge on any atom is 0.346 e. The highest BCUT2D eigenvalue weighted by atomic mass is 79.9. The van der Waals surface area contributed by atoms with Crippen LogP contribution in [-0.2, 0) is 37.5 Å². The lowest BCUT2D eigenvalue weighted by molar-refractivity contribution is -0.0671. The molecule has 14 heteroatoms. The van der Waals surface area contributed by atoms with Crippen molar-refractivity contribution in [2.75, 3.05) is 23.4 Å². The van der Waals surface area contributed by atoms with Crippen molar-refractivity contribution in [2.45, 2.75) is 106 Å². The number of nitrogens with zero attached hydrogens (tertiary/aromatic N) is 7. The molecule has 6 heterocycles. The van der Waals surface area contributed by atoms with E-state index in [1.807, 2.05) is 6.07 Å². The summed E-state index contributed by atoms with van der Waals surface area (Å²) in [6, 6.07) is 7.93. The molecule has 2 fully saturated rings. The van der Waals surface area contributed by atoms with Gasteiger partial charge in [0.15, 0.2) is 10.3 Å². The first-order valence-corrected chi connectivity index (χ1v) is 18.4. The molecule has 0 radical (unpaired) electrons. The Bertz CT molecular complexity index is 1490. The molecule has 1 aromatic carbocycles. The molecule has 2 unspecified atom stereocenters. The maximum absolute atomic E-state index is 13.9. The third kappa shape index (κ3) is 7.18. The van der Waals surface area contributed by atoms with E-state index in [1.54, 1.807) is 54.2 Å². The Kier molecular flexibility index (Phi) is 10.5. The molecule has 0 amide bonds. The van der Waals surface area contributed by atoms with E-state index in [-0.39, 0.29) is 23.3 Å². The van der Waals surface area contributed by atoms with Crippen molar-refractivity contribution in [1.82, 2.24) is 33.6 Å². The second-order valence-corrected chi connectivity index (χ2v) is 14.4. The molecule has 4 aliphatic heterocycles. The largest absolute Gasteiger partial charge is 0.373 e. The predicted molar refractivity (Wildman–Crippen MR) is 170 cm³/mol. The summed E-state index contributed by atoms with van der Waals surface area (Å²) in [6.45, 7) is 4.34. The Hall–Kier alpha value is -1.87. The number of aromatic nitrogens is 6. The normalized spacial score (nSPS) is 22.7. The average Bonchev–Trinajstić information content (AvgIpc) is 3.78. The molecule has 0 aliphatic carbocycles. The number of thioether (sulfide) groups is 2. The Labute approximate surface area is 267 Å². The Balaban J connectivity index is 0.000000211. The monoisotopic (exact) mass is 695 g/mol. The lowest BCUT2D eigenvalue weighted by Crippen LogP contribution is -2.54. The summed E-state index contributed by atoms with van der Waals surface area (Å²) in [5.74, 6) is 1.75. The maximum atomic E-state index is 13.9. The number of hydrogen-bond acceptors (Lipinski definition) is 8. The number of benzene rings is 1. The standard InChI is InChI=1S/C22H29FN4O2S.C7H10BrN3OS/c23-20-8-2-1-5-16(20)15-29-19-13-17-6-3-7-18(14-19)25(17)9-4-10-27-22(28)26-11-12-30-21(26)24-27;8-2-1-3-11-7(12)10-4-5-13-6(10)9-11/h1-2,5,8,17-19H,3-4,6-7,9-15H2;1-5H2. The van der Waals surface area contributed by atoms with Crippen LogP contribution in [0.15, 0.2) is 44.2 Å². The zero-order valence-corrected chi connectivity index (χ0v) is 27.5. The quantitative estimate of drug-likeness (QED) is 0.292. The minimum Gasteiger partial charge on any atom is -0.373 e. The number of fused-ring (bicyclic) bond motifs is 4. The van der Waals surface area contributed by atoms with Crippen molar-refractivity contribution in [1.29, 1.82) is 0 Å². The molecule has 43 heavy (non-hydrogen) atoms. The van der Waals surface area contributed by atoms with Crippen LogP contribution in [0.5, 0.6) is 0 Å². The molecule has 0 spiro atoms. The average molecular weight is 697 g/mol. The van der Waals surface area contributed by atoms with Gasteiger partial charge in [0.05, 0.1) is 12.7 Å². The third-order valence-electron chi connectivity index (χ3n) is 8.67. The Morgan fingerprint density at radius 2 is 1.49 bits per heavy atom. The van der Waals surface area contributed by atoms with Gasteiger partial charge in [-0.25, -0.2) is 23.3 Å². The van der Waals surface area contributed by atoms with Gasteiger partial charge in [-0.05, 0) is 44.6 Å². The molecule has 0 saturated carbocycles. The Morgan fingerprint density at radius 1 is 0.884 bits per heavy atom. The third-order valence-corrected chi connectivity index (χ3v) is 11.1. The second-order valence-electron chi connectivity index (χ2n) is 11.4. The smallest absolute Gasteiger partial charge is 0.346 e. The first kappa shape index (κ1) is 31.1. The van der Waals surface area contributed by atoms with Crippen LogP contribution < -0.4 is 11.4 Å². The summed E-state index contributed by atoms with van der Waals surface area (Å²) in [6.07, 6.45) is 7.79. The molecule has 234 valence electrons. The minimum absolute atomic E-state index is 0.0375. The van der Waals surface area contributed by atoms with E-state index in [9.17, 15) is 14.0 Å². The fraction of sp³-hybridized carbons (Fsp3) is 0.655. The van der Waals surface area contributed by atoms with E-state index < -0.39 is 0 Å². The first-order chi connectivity index (χ1) is 21.0. The molecule has 7 rings (SSSR count). The van der Waals surface area contributed by atoms with Crippen LogP contribution in [0.25, 0.3) is 0 Å². The number of alkyl halides is 1. The molecule has 2 saturated heterocycles. The first-order valence-electron chi connectivity index (χ1n) is 15.3. The summed E-state index contributed by atoms with van der Waals surface area (Å²) in [4.78, 5) is 26.6. The van der Waals surface area contributed by atoms with Gasteiger partial charge >= 0.3 is 11.4 Å². The van der Waals surface area contributed by atoms with Crippen LogP contribution >= 0.6 is 39.5 Å². The molecule has 3 aromatic rings. The zero-order chi connectivity index (χ0) is 29.8. The van der Waals surface area contributed by atoms with Gasteiger partial charge in [0.2, 0.25) is 0 Å². The zero-order valence-electron chi connectivity index (χ0n) is 24.3. The van der Waals surface area contributed by atoms with Gasteiger partial charge in [-0.15, -0.1) is 10.2 Å². The van der Waals surface area contributed by atoms with Gasteiger partial charge in [0.1, 0.15) is 5.82 Å². The van der Waals surface area contributed by atoms with Crippen LogP contribution in [0.2, 0.25) is 0 Å². The fourth-order valence-corrected chi connectivity index (χ4v) is 8.68. The SMILES string of the molecule is O=c1n(CCCBr)nc2n1CCS2.O=c1n(CCCN2C3CCCC2CC(OCc2ccccc2F)C3)nc2n1CCS2. The van der Waals surface area contributed by atoms with Gasteiger partial charge in [0, 0.05) is 67.2 Å². The van der Waals surface area contributed by atoms with Crippen molar-refractivity contribution >= 4 is 39.5 Å². The molecule has 2 atom stereocenters. The summed E-state index contributed by atoms with van der Waals surface area (Å²) in [5.41, 5.74) is 0.719. The molecule has 2 bridgehead atoms. The topological polar surface area (TPSA) is 92.1 Å². The van der Waals surface area contributed by atoms with Crippen LogP contribution in [-0.4, -0.2) is 75.2 Å². The second kappa shape index (κ2) is 14.5. The number of hydrogen-bond donors (Lipinski definition) is 0. The molecule has 0 N–H and O–H groups in total. The van der Waals surface area contributed by atoms with Crippen LogP contribution in [0.4, 0.5) is 4.39 Å². The van der Waals surface area contributed by atoms with Crippen molar-refractivity contribution in [3.8, 4) is 0 Å². The van der Waals surface area contributed by atoms with Crippen LogP contribution in [0.1, 0.15) is 50.5 Å². The number of rotatable bonds is 10. The van der Waals surface area contributed by atoms with Crippen molar-refractivity contribution < 1.29 is 9.13 Å². The van der Waals surface area contributed by atoms with E-state index in [1.165, 1.54) is 25.3 Å². The lowest BCUT2D eigenvalue weighted by Gasteiger charge is -2.48. The van der Waals surface area contributed by atoms with Gasteiger partial charge in [-0.2, -0.15) is 0 Å². The summed E-state index contributed by atoms with van der Waals surface area (Å²) < 4.78 is 26.7. The number of aryl methyl sites for hydroxylation is 2. The van der Waals surface area contributed by atoms with Gasteiger partial charge < -0.3 is 4.74 Å². The molecule has 2 aromatic heterocycles. The predicted octanol–water partition coefficient (Wildman–Crippen LogP) is 4.22. The highest BCUT2D eigenvalue weighted by Crippen LogP contribution is 2.35. The highest BCUT2D eigenvalue weighted by molar-refractivity contribution is 9.09. The van der Waals surface area contributed by atoms with E-state index in [0.29, 0.717) is 37.3 Å². The van der Waals surface area contributed by atoms with E-state index in [2.05, 4.69) is 31.0 Å². The highest BCUT2D eigenvalue weighted by Gasteiger charge is 2.38. The molecular weight excluding hydrogens is 657 g/mol. The molecular formula is C29H39BrFN7O3S2. The molecule has 10 nitrogen and oxygen atoms in total. The number of ether oxygens (including phenoxy) is 1. The van der Waals surface area contributed by atoms with Crippen molar-refractivity contribution in [3.05, 3.63) is 56.6 Å². The molecule has 4 aliphatic rings. The number of halogens is 2. The summed E-state index contributed by atoms with van der Waals surface area (Å²) in [5, 5.41) is 11.4.